The van der Waals surface area contributed by atoms with Crippen molar-refractivity contribution in [2.45, 2.75) is 26.2 Å². The summed E-state index contributed by atoms with van der Waals surface area (Å²) in [6.07, 6.45) is 3.18. The highest BCUT2D eigenvalue weighted by atomic mass is 35.5. The molecule has 0 bridgehead atoms. The first-order chi connectivity index (χ1) is 8.58. The van der Waals surface area contributed by atoms with Crippen LogP contribution in [0.4, 0.5) is 11.4 Å². The van der Waals surface area contributed by atoms with Crippen LogP contribution in [0.2, 0.25) is 5.02 Å². The number of carbonyl (C=O) groups is 1. The third-order valence-corrected chi connectivity index (χ3v) is 3.20. The summed E-state index contributed by atoms with van der Waals surface area (Å²) >= 11 is 6.23. The Bertz CT molecular complexity index is 511. The molecule has 1 heterocycles. The van der Waals surface area contributed by atoms with Crippen LogP contribution in [-0.4, -0.2) is 18.2 Å². The molecule has 4 nitrogen and oxygen atoms in total. The number of anilines is 2. The Morgan fingerprint density at radius 2 is 2.22 bits per heavy atom. The molecule has 0 aliphatic carbocycles. The van der Waals surface area contributed by atoms with Crippen molar-refractivity contribution in [2.24, 2.45) is 4.99 Å². The number of carbonyl (C=O) groups excluding carboxylic acids is 1. The van der Waals surface area contributed by atoms with Crippen molar-refractivity contribution in [1.82, 2.24) is 0 Å². The molecule has 0 aromatic heterocycles. The highest BCUT2D eigenvalue weighted by Crippen LogP contribution is 2.29. The van der Waals surface area contributed by atoms with Crippen LogP contribution in [0.1, 0.15) is 31.7 Å². The van der Waals surface area contributed by atoms with Crippen molar-refractivity contribution in [1.29, 1.82) is 0 Å². The predicted molar refractivity (Wildman–Crippen MR) is 75.4 cm³/mol. The molecular weight excluding hydrogens is 250 g/mol. The van der Waals surface area contributed by atoms with Crippen LogP contribution in [0.15, 0.2) is 17.1 Å². The Hall–Kier alpha value is -1.55. The monoisotopic (exact) mass is 265 g/mol. The lowest BCUT2D eigenvalue weighted by Gasteiger charge is -2.15. The molecule has 0 saturated heterocycles. The normalized spacial score (nSPS) is 15.1. The predicted octanol–water partition coefficient (Wildman–Crippen LogP) is 2.85. The van der Waals surface area contributed by atoms with Gasteiger partial charge in [0.1, 0.15) is 0 Å². The van der Waals surface area contributed by atoms with Crippen molar-refractivity contribution in [3.8, 4) is 0 Å². The summed E-state index contributed by atoms with van der Waals surface area (Å²) in [5.74, 6) is -0.166. The number of benzene rings is 1. The minimum Gasteiger partial charge on any atom is -0.397 e. The molecule has 1 aliphatic heterocycles. The molecule has 0 radical (unpaired) electrons. The molecule has 96 valence electrons. The van der Waals surface area contributed by atoms with E-state index in [1.807, 2.05) is 0 Å². The minimum atomic E-state index is -0.166. The van der Waals surface area contributed by atoms with Crippen LogP contribution in [0.5, 0.6) is 0 Å². The molecule has 5 heteroatoms. The van der Waals surface area contributed by atoms with Crippen LogP contribution in [-0.2, 0) is 4.79 Å². The summed E-state index contributed by atoms with van der Waals surface area (Å²) in [7, 11) is 0. The maximum absolute atomic E-state index is 11.0. The lowest BCUT2D eigenvalue weighted by Crippen LogP contribution is -2.12. The zero-order valence-corrected chi connectivity index (χ0v) is 11.0. The van der Waals surface area contributed by atoms with Gasteiger partial charge in [-0.3, -0.25) is 9.79 Å². The van der Waals surface area contributed by atoms with Crippen molar-refractivity contribution < 1.29 is 4.79 Å². The molecule has 2 rings (SSSR count). The second kappa shape index (κ2) is 5.40. The van der Waals surface area contributed by atoms with Gasteiger partial charge in [0.2, 0.25) is 5.91 Å². The van der Waals surface area contributed by atoms with Crippen molar-refractivity contribution in [3.05, 3.63) is 22.7 Å². The van der Waals surface area contributed by atoms with E-state index in [2.05, 4.69) is 10.3 Å². The number of nitrogens with two attached hydrogens (primary N) is 1. The zero-order chi connectivity index (χ0) is 13.1. The Kier molecular flexibility index (Phi) is 3.87. The molecule has 1 aromatic rings. The number of nitrogens with one attached hydrogen (secondary N) is 1. The average Bonchev–Trinajstić information content (AvgIpc) is 2.34. The second-order valence-corrected chi connectivity index (χ2v) is 4.79. The van der Waals surface area contributed by atoms with Crippen LogP contribution >= 0.6 is 11.6 Å². The van der Waals surface area contributed by atoms with E-state index in [0.717, 1.165) is 37.1 Å². The maximum Gasteiger partial charge on any atom is 0.221 e. The molecular formula is C13H16ClN3O. The van der Waals surface area contributed by atoms with Crippen molar-refractivity contribution >= 4 is 34.6 Å². The fourth-order valence-corrected chi connectivity index (χ4v) is 2.30. The number of rotatable bonds is 2. The maximum atomic E-state index is 11.0. The Morgan fingerprint density at radius 1 is 1.44 bits per heavy atom. The quantitative estimate of drug-likeness (QED) is 0.808. The topological polar surface area (TPSA) is 67.5 Å². The molecule has 3 N–H and O–H groups in total. The van der Waals surface area contributed by atoms with Gasteiger partial charge in [0.15, 0.2) is 0 Å². The fourth-order valence-electron chi connectivity index (χ4n) is 2.03. The highest BCUT2D eigenvalue weighted by molar-refractivity contribution is 6.35. The molecule has 0 atom stereocenters. The van der Waals surface area contributed by atoms with E-state index < -0.39 is 0 Å². The van der Waals surface area contributed by atoms with Gasteiger partial charge in [-0.1, -0.05) is 11.6 Å². The molecule has 1 amide bonds. The summed E-state index contributed by atoms with van der Waals surface area (Å²) in [6.45, 7) is 2.28. The summed E-state index contributed by atoms with van der Waals surface area (Å²) in [4.78, 5) is 15.5. The lowest BCUT2D eigenvalue weighted by molar-refractivity contribution is -0.114. The third kappa shape index (κ3) is 2.82. The molecule has 1 aliphatic rings. The van der Waals surface area contributed by atoms with Gasteiger partial charge in [-0.05, 0) is 31.4 Å². The number of aliphatic imine (C=N–C) groups is 1. The van der Waals surface area contributed by atoms with Gasteiger partial charge in [0.05, 0.1) is 16.4 Å². The largest absolute Gasteiger partial charge is 0.397 e. The van der Waals surface area contributed by atoms with Crippen LogP contribution in [0.25, 0.3) is 0 Å². The summed E-state index contributed by atoms with van der Waals surface area (Å²) in [6, 6.07) is 3.47. The first-order valence-corrected chi connectivity index (χ1v) is 6.36. The van der Waals surface area contributed by atoms with Crippen LogP contribution < -0.4 is 11.1 Å². The smallest absolute Gasteiger partial charge is 0.221 e. The van der Waals surface area contributed by atoms with E-state index in [4.69, 9.17) is 17.3 Å². The van der Waals surface area contributed by atoms with E-state index in [1.54, 1.807) is 12.1 Å². The van der Waals surface area contributed by atoms with Crippen LogP contribution in [0, 0.1) is 0 Å². The molecule has 0 unspecified atom stereocenters. The van der Waals surface area contributed by atoms with E-state index in [1.165, 1.54) is 6.92 Å². The Balaban J connectivity index is 2.36. The van der Waals surface area contributed by atoms with E-state index >= 15 is 0 Å². The van der Waals surface area contributed by atoms with Gasteiger partial charge < -0.3 is 11.1 Å². The summed E-state index contributed by atoms with van der Waals surface area (Å²) < 4.78 is 0. The van der Waals surface area contributed by atoms with Gasteiger partial charge in [0, 0.05) is 24.7 Å². The SMILES string of the molecule is CC(=O)Nc1cc(Cl)c(C2=NCCCC2)cc1N. The van der Waals surface area contributed by atoms with E-state index in [9.17, 15) is 4.79 Å². The Labute approximate surface area is 111 Å². The zero-order valence-electron chi connectivity index (χ0n) is 10.3. The lowest BCUT2D eigenvalue weighted by atomic mass is 10.0. The van der Waals surface area contributed by atoms with Gasteiger partial charge in [-0.25, -0.2) is 0 Å². The standard InChI is InChI=1S/C13H16ClN3O/c1-8(18)17-13-7-10(14)9(6-11(13)15)12-4-2-3-5-16-12/h6-7H,2-5,15H2,1H3,(H,17,18). The number of hydrogen-bond acceptors (Lipinski definition) is 3. The van der Waals surface area contributed by atoms with Crippen LogP contribution in [0.3, 0.4) is 0 Å². The van der Waals surface area contributed by atoms with Gasteiger partial charge in [-0.2, -0.15) is 0 Å². The van der Waals surface area contributed by atoms with E-state index in [-0.39, 0.29) is 5.91 Å². The molecule has 0 spiro atoms. The molecule has 18 heavy (non-hydrogen) atoms. The summed E-state index contributed by atoms with van der Waals surface area (Å²) in [5.41, 5.74) is 8.86. The first kappa shape index (κ1) is 12.9. The average molecular weight is 266 g/mol. The molecule has 0 fully saturated rings. The molecule has 1 aromatic carbocycles. The fraction of sp³-hybridized carbons (Fsp3) is 0.385. The second-order valence-electron chi connectivity index (χ2n) is 4.39. The minimum absolute atomic E-state index is 0.166. The van der Waals surface area contributed by atoms with Gasteiger partial charge >= 0.3 is 0 Å². The van der Waals surface area contributed by atoms with E-state index in [0.29, 0.717) is 16.4 Å². The number of hydrogen-bond donors (Lipinski definition) is 2. The number of amides is 1. The Morgan fingerprint density at radius 3 is 2.83 bits per heavy atom. The molecule has 0 saturated carbocycles. The number of halogens is 1. The van der Waals surface area contributed by atoms with Crippen molar-refractivity contribution in [3.63, 3.8) is 0 Å². The van der Waals surface area contributed by atoms with Gasteiger partial charge in [0.25, 0.3) is 0 Å². The third-order valence-electron chi connectivity index (χ3n) is 2.89. The highest BCUT2D eigenvalue weighted by Gasteiger charge is 2.14. The summed E-state index contributed by atoms with van der Waals surface area (Å²) in [5, 5.41) is 3.23. The van der Waals surface area contributed by atoms with Crippen molar-refractivity contribution in [2.75, 3.05) is 17.6 Å². The first-order valence-electron chi connectivity index (χ1n) is 5.98. The number of nitrogens with zero attached hydrogens (tertiary/aromatic N) is 1. The number of nitrogen functional groups attached to an aromatic ring is 1. The van der Waals surface area contributed by atoms with Gasteiger partial charge in [-0.15, -0.1) is 0 Å².